The summed E-state index contributed by atoms with van der Waals surface area (Å²) < 4.78 is 7.38. The molecule has 0 saturated carbocycles. The fraction of sp³-hybridized carbons (Fsp3) is 0.130. The summed E-state index contributed by atoms with van der Waals surface area (Å²) in [5, 5.41) is 10.6. The predicted molar refractivity (Wildman–Crippen MR) is 119 cm³/mol. The molecule has 0 bridgehead atoms. The fourth-order valence-corrected chi connectivity index (χ4v) is 3.98. The van der Waals surface area contributed by atoms with Gasteiger partial charge in [0.15, 0.2) is 11.0 Å². The van der Waals surface area contributed by atoms with Gasteiger partial charge in [0.05, 0.1) is 7.11 Å². The van der Waals surface area contributed by atoms with E-state index in [1.54, 1.807) is 18.9 Å². The van der Waals surface area contributed by atoms with E-state index in [2.05, 4.69) is 46.0 Å². The molecule has 6 heteroatoms. The van der Waals surface area contributed by atoms with Crippen LogP contribution in [-0.4, -0.2) is 21.9 Å². The number of ether oxygens (including phenoxy) is 1. The van der Waals surface area contributed by atoms with E-state index < -0.39 is 0 Å². The minimum absolute atomic E-state index is 0.739. The highest BCUT2D eigenvalue weighted by Crippen LogP contribution is 2.30. The Bertz CT molecular complexity index is 1090. The van der Waals surface area contributed by atoms with Crippen molar-refractivity contribution in [1.29, 1.82) is 0 Å². The molecule has 0 saturated heterocycles. The van der Waals surface area contributed by atoms with Crippen molar-refractivity contribution < 1.29 is 4.74 Å². The Morgan fingerprint density at radius 1 is 0.897 bits per heavy atom. The third-order valence-corrected chi connectivity index (χ3v) is 5.81. The van der Waals surface area contributed by atoms with Crippen LogP contribution in [-0.2, 0) is 5.75 Å². The summed E-state index contributed by atoms with van der Waals surface area (Å²) in [4.78, 5) is 0. The number of nitrogens with zero attached hydrogens (tertiary/aromatic N) is 3. The zero-order valence-corrected chi connectivity index (χ0v) is 17.7. The molecule has 0 amide bonds. The Balaban J connectivity index is 1.71. The summed E-state index contributed by atoms with van der Waals surface area (Å²) >= 11 is 7.65. The van der Waals surface area contributed by atoms with E-state index in [0.29, 0.717) is 0 Å². The molecule has 4 rings (SSSR count). The highest BCUT2D eigenvalue weighted by Gasteiger charge is 2.16. The highest BCUT2D eigenvalue weighted by atomic mass is 35.5. The summed E-state index contributed by atoms with van der Waals surface area (Å²) in [5.41, 5.74) is 4.41. The van der Waals surface area contributed by atoms with Gasteiger partial charge in [0.25, 0.3) is 0 Å². The Hall–Kier alpha value is -2.76. The minimum atomic E-state index is 0.739. The van der Waals surface area contributed by atoms with Crippen LogP contribution in [0.3, 0.4) is 0 Å². The SMILES string of the molecule is COc1ccc(-c2nnc(SCc3ccc(Cl)cc3)n2-c2ccc(C)cc2)cc1. The maximum Gasteiger partial charge on any atom is 0.196 e. The average Bonchev–Trinajstić information content (AvgIpc) is 3.18. The van der Waals surface area contributed by atoms with E-state index in [-0.39, 0.29) is 0 Å². The van der Waals surface area contributed by atoms with Gasteiger partial charge in [0, 0.05) is 22.0 Å². The van der Waals surface area contributed by atoms with Crippen LogP contribution in [0.5, 0.6) is 5.75 Å². The quantitative estimate of drug-likeness (QED) is 0.347. The third kappa shape index (κ3) is 4.47. The number of aromatic nitrogens is 3. The molecule has 4 nitrogen and oxygen atoms in total. The van der Waals surface area contributed by atoms with Crippen molar-refractivity contribution in [3.05, 3.63) is 88.9 Å². The van der Waals surface area contributed by atoms with Crippen molar-refractivity contribution in [2.45, 2.75) is 17.8 Å². The van der Waals surface area contributed by atoms with E-state index >= 15 is 0 Å². The van der Waals surface area contributed by atoms with Crippen molar-refractivity contribution in [1.82, 2.24) is 14.8 Å². The van der Waals surface area contributed by atoms with Crippen molar-refractivity contribution in [2.75, 3.05) is 7.11 Å². The first kappa shape index (κ1) is 19.6. The second kappa shape index (κ2) is 8.72. The van der Waals surface area contributed by atoms with Crippen molar-refractivity contribution >= 4 is 23.4 Å². The molecule has 0 radical (unpaired) electrons. The Kier molecular flexibility index (Phi) is 5.88. The molecule has 1 aromatic heterocycles. The first-order valence-corrected chi connectivity index (χ1v) is 10.5. The number of halogens is 1. The average molecular weight is 422 g/mol. The lowest BCUT2D eigenvalue weighted by Gasteiger charge is -2.11. The van der Waals surface area contributed by atoms with Gasteiger partial charge < -0.3 is 4.74 Å². The molecular formula is C23H20ClN3OS. The fourth-order valence-electron chi connectivity index (χ4n) is 2.95. The molecule has 29 heavy (non-hydrogen) atoms. The molecule has 1 heterocycles. The molecule has 0 N–H and O–H groups in total. The monoisotopic (exact) mass is 421 g/mol. The summed E-state index contributed by atoms with van der Waals surface area (Å²) in [6, 6.07) is 24.1. The Labute approximate surface area is 179 Å². The molecule has 0 unspecified atom stereocenters. The standard InChI is InChI=1S/C23H20ClN3OS/c1-16-3-11-20(12-4-16)27-22(18-7-13-21(28-2)14-8-18)25-26-23(27)29-15-17-5-9-19(24)10-6-17/h3-14H,15H2,1-2H3. The van der Waals surface area contributed by atoms with Crippen molar-refractivity contribution in [3.63, 3.8) is 0 Å². The van der Waals surface area contributed by atoms with Crippen LogP contribution in [0.1, 0.15) is 11.1 Å². The van der Waals surface area contributed by atoms with Crippen molar-refractivity contribution in [2.24, 2.45) is 0 Å². The van der Waals surface area contributed by atoms with Gasteiger partial charge in [-0.2, -0.15) is 0 Å². The largest absolute Gasteiger partial charge is 0.497 e. The molecule has 0 fully saturated rings. The number of methoxy groups -OCH3 is 1. The van der Waals surface area contributed by atoms with Crippen LogP contribution in [0, 0.1) is 6.92 Å². The smallest absolute Gasteiger partial charge is 0.196 e. The molecular weight excluding hydrogens is 402 g/mol. The summed E-state index contributed by atoms with van der Waals surface area (Å²) in [5.74, 6) is 2.40. The lowest BCUT2D eigenvalue weighted by Crippen LogP contribution is -2.00. The molecule has 0 spiro atoms. The van der Waals surface area contributed by atoms with Gasteiger partial charge in [0.1, 0.15) is 5.75 Å². The van der Waals surface area contributed by atoms with Gasteiger partial charge in [0.2, 0.25) is 0 Å². The highest BCUT2D eigenvalue weighted by molar-refractivity contribution is 7.98. The number of hydrogen-bond donors (Lipinski definition) is 0. The zero-order chi connectivity index (χ0) is 20.2. The second-order valence-electron chi connectivity index (χ2n) is 6.62. The summed E-state index contributed by atoms with van der Waals surface area (Å²) in [6.07, 6.45) is 0. The second-order valence-corrected chi connectivity index (χ2v) is 8.00. The molecule has 146 valence electrons. The molecule has 0 aliphatic carbocycles. The third-order valence-electron chi connectivity index (χ3n) is 4.55. The lowest BCUT2D eigenvalue weighted by molar-refractivity contribution is 0.415. The van der Waals surface area contributed by atoms with Crippen LogP contribution < -0.4 is 4.74 Å². The van der Waals surface area contributed by atoms with Gasteiger partial charge in [-0.15, -0.1) is 10.2 Å². The molecule has 0 aliphatic heterocycles. The molecule has 3 aromatic carbocycles. The van der Waals surface area contributed by atoms with E-state index in [4.69, 9.17) is 16.3 Å². The van der Waals surface area contributed by atoms with Crippen LogP contribution >= 0.6 is 23.4 Å². The number of rotatable bonds is 6. The Morgan fingerprint density at radius 2 is 1.59 bits per heavy atom. The van der Waals surface area contributed by atoms with Crippen LogP contribution in [0.15, 0.2) is 78.0 Å². The van der Waals surface area contributed by atoms with Gasteiger partial charge in [-0.05, 0) is 61.0 Å². The Morgan fingerprint density at radius 3 is 2.24 bits per heavy atom. The zero-order valence-electron chi connectivity index (χ0n) is 16.2. The maximum absolute atomic E-state index is 6.00. The first-order chi connectivity index (χ1) is 14.1. The minimum Gasteiger partial charge on any atom is -0.497 e. The number of thioether (sulfide) groups is 1. The van der Waals surface area contributed by atoms with Crippen molar-refractivity contribution in [3.8, 4) is 22.8 Å². The van der Waals surface area contributed by atoms with Crippen LogP contribution in [0.25, 0.3) is 17.1 Å². The summed E-state index contributed by atoms with van der Waals surface area (Å²) in [6.45, 7) is 2.08. The normalized spacial score (nSPS) is 10.9. The number of benzene rings is 3. The number of aryl methyl sites for hydroxylation is 1. The van der Waals surface area contributed by atoms with Gasteiger partial charge in [-0.25, -0.2) is 0 Å². The molecule has 0 aliphatic rings. The van der Waals surface area contributed by atoms with E-state index in [1.807, 2.05) is 48.5 Å². The van der Waals surface area contributed by atoms with Crippen LogP contribution in [0.4, 0.5) is 0 Å². The molecule has 4 aromatic rings. The van der Waals surface area contributed by atoms with Crippen LogP contribution in [0.2, 0.25) is 5.02 Å². The molecule has 0 atom stereocenters. The maximum atomic E-state index is 6.00. The summed E-state index contributed by atoms with van der Waals surface area (Å²) in [7, 11) is 1.66. The topological polar surface area (TPSA) is 39.9 Å². The van der Waals surface area contributed by atoms with E-state index in [9.17, 15) is 0 Å². The van der Waals surface area contributed by atoms with E-state index in [0.717, 1.165) is 38.8 Å². The van der Waals surface area contributed by atoms with Gasteiger partial charge >= 0.3 is 0 Å². The first-order valence-electron chi connectivity index (χ1n) is 9.18. The van der Waals surface area contributed by atoms with Gasteiger partial charge in [-0.3, -0.25) is 4.57 Å². The lowest BCUT2D eigenvalue weighted by atomic mass is 10.2. The predicted octanol–water partition coefficient (Wildman–Crippen LogP) is 6.20. The van der Waals surface area contributed by atoms with Gasteiger partial charge in [-0.1, -0.05) is 53.2 Å². The number of hydrogen-bond acceptors (Lipinski definition) is 4. The van der Waals surface area contributed by atoms with E-state index in [1.165, 1.54) is 11.1 Å².